The van der Waals surface area contributed by atoms with E-state index < -0.39 is 23.8 Å². The molecule has 0 aromatic heterocycles. The average Bonchev–Trinajstić information content (AvgIpc) is 3.13. The molecule has 0 aliphatic carbocycles. The number of hydroxylamine groups is 6. The summed E-state index contributed by atoms with van der Waals surface area (Å²) in [4.78, 5) is 83.1. The molecule has 9 N–H and O–H groups in total. The van der Waals surface area contributed by atoms with Crippen LogP contribution in [0.3, 0.4) is 0 Å². The molecule has 0 aliphatic heterocycles. The van der Waals surface area contributed by atoms with Gasteiger partial charge in [-0.25, -0.2) is 15.2 Å². The Labute approximate surface area is 313 Å². The molecule has 0 fully saturated rings. The SMILES string of the molecule is CC(=O)N(O)CCCCCNC(=O)CCC(=O)N(O)CCCCCNC(=O)CCC(=O)N(O)CCCCCNC(=O)CCC(=O)C(O)CCCCCN. The van der Waals surface area contributed by atoms with Crippen LogP contribution >= 0.6 is 0 Å². The van der Waals surface area contributed by atoms with Crippen LogP contribution in [-0.4, -0.2) is 129 Å². The first-order chi connectivity index (χ1) is 25.3. The van der Waals surface area contributed by atoms with Gasteiger partial charge in [-0.15, -0.1) is 0 Å². The highest BCUT2D eigenvalue weighted by atomic mass is 16.5. The fourth-order valence-electron chi connectivity index (χ4n) is 4.97. The molecule has 1 atom stereocenters. The summed E-state index contributed by atoms with van der Waals surface area (Å²) in [6.07, 6.45) is 6.58. The topological polar surface area (TPSA) is 272 Å². The number of Topliss-reactive ketones (excluding diaryl/α,β-unsaturated/α-hetero) is 1. The minimum atomic E-state index is -1.06. The molecule has 0 bridgehead atoms. The Morgan fingerprint density at radius 3 is 1.28 bits per heavy atom. The number of aliphatic hydroxyl groups excluding tert-OH is 1. The van der Waals surface area contributed by atoms with E-state index in [0.717, 1.165) is 12.8 Å². The third-order valence-electron chi connectivity index (χ3n) is 8.33. The molecule has 0 rings (SSSR count). The minimum absolute atomic E-state index is 0.00234. The van der Waals surface area contributed by atoms with Gasteiger partial charge in [-0.3, -0.25) is 49.2 Å². The van der Waals surface area contributed by atoms with Gasteiger partial charge in [0.05, 0.1) is 0 Å². The maximum Gasteiger partial charge on any atom is 0.246 e. The van der Waals surface area contributed by atoms with Crippen LogP contribution in [-0.2, 0) is 33.6 Å². The Balaban J connectivity index is 3.81. The number of nitrogens with two attached hydrogens (primary N) is 1. The van der Waals surface area contributed by atoms with E-state index in [9.17, 15) is 54.3 Å². The van der Waals surface area contributed by atoms with Gasteiger partial charge in [0.25, 0.3) is 0 Å². The van der Waals surface area contributed by atoms with E-state index in [-0.39, 0.29) is 81.7 Å². The quantitative estimate of drug-likeness (QED) is 0.0267. The van der Waals surface area contributed by atoms with Gasteiger partial charge in [0.15, 0.2) is 5.78 Å². The highest BCUT2D eigenvalue weighted by molar-refractivity contribution is 5.87. The van der Waals surface area contributed by atoms with Gasteiger partial charge in [0.2, 0.25) is 35.4 Å². The average molecular weight is 760 g/mol. The molecule has 0 saturated carbocycles. The van der Waals surface area contributed by atoms with Crippen LogP contribution in [0.2, 0.25) is 0 Å². The number of nitrogens with one attached hydrogen (secondary N) is 3. The first kappa shape index (κ1) is 49.3. The smallest absolute Gasteiger partial charge is 0.246 e. The van der Waals surface area contributed by atoms with Gasteiger partial charge in [-0.1, -0.05) is 12.8 Å². The number of hydrogen-bond donors (Lipinski definition) is 8. The molecular weight excluding hydrogens is 694 g/mol. The first-order valence-electron chi connectivity index (χ1n) is 18.9. The van der Waals surface area contributed by atoms with Crippen molar-refractivity contribution >= 4 is 41.2 Å². The molecular formula is C35H65N7O11. The second kappa shape index (κ2) is 31.8. The summed E-state index contributed by atoms with van der Waals surface area (Å²) < 4.78 is 0. The predicted molar refractivity (Wildman–Crippen MR) is 193 cm³/mol. The van der Waals surface area contributed by atoms with Crippen LogP contribution in [0, 0.1) is 0 Å². The predicted octanol–water partition coefficient (Wildman–Crippen LogP) is 1.31. The normalized spacial score (nSPS) is 11.4. The van der Waals surface area contributed by atoms with Crippen molar-refractivity contribution in [3.63, 3.8) is 0 Å². The van der Waals surface area contributed by atoms with Crippen molar-refractivity contribution in [2.45, 2.75) is 135 Å². The van der Waals surface area contributed by atoms with Gasteiger partial charge >= 0.3 is 0 Å². The van der Waals surface area contributed by atoms with Gasteiger partial charge in [-0.05, 0) is 77.2 Å². The fraction of sp³-hybridized carbons (Fsp3) is 0.800. The summed E-state index contributed by atoms with van der Waals surface area (Å²) in [5.41, 5.74) is 5.42. The number of unbranched alkanes of at least 4 members (excludes halogenated alkanes) is 8. The number of carbonyl (C=O) groups excluding carboxylic acids is 7. The largest absolute Gasteiger partial charge is 0.385 e. The van der Waals surface area contributed by atoms with Crippen molar-refractivity contribution in [2.75, 3.05) is 45.8 Å². The number of hydrogen-bond acceptors (Lipinski definition) is 12. The van der Waals surface area contributed by atoms with Crippen LogP contribution in [0.1, 0.15) is 129 Å². The number of amides is 6. The number of aliphatic hydroxyl groups is 1. The molecule has 0 aromatic rings. The van der Waals surface area contributed by atoms with E-state index in [2.05, 4.69) is 16.0 Å². The van der Waals surface area contributed by atoms with E-state index >= 15 is 0 Å². The summed E-state index contributed by atoms with van der Waals surface area (Å²) in [5, 5.41) is 49.0. The molecule has 0 aromatic carbocycles. The highest BCUT2D eigenvalue weighted by Gasteiger charge is 2.17. The van der Waals surface area contributed by atoms with Crippen molar-refractivity contribution in [2.24, 2.45) is 5.73 Å². The van der Waals surface area contributed by atoms with Crippen molar-refractivity contribution in [1.82, 2.24) is 31.1 Å². The van der Waals surface area contributed by atoms with Gasteiger partial charge in [0.1, 0.15) is 6.10 Å². The second-order valence-corrected chi connectivity index (χ2v) is 13.0. The summed E-state index contributed by atoms with van der Waals surface area (Å²) >= 11 is 0. The Kier molecular flexibility index (Phi) is 29.6. The molecule has 0 radical (unpaired) electrons. The lowest BCUT2D eigenvalue weighted by molar-refractivity contribution is -0.166. The summed E-state index contributed by atoms with van der Waals surface area (Å²) in [7, 11) is 0. The zero-order valence-corrected chi connectivity index (χ0v) is 31.5. The lowest BCUT2D eigenvalue weighted by atomic mass is 10.0. The van der Waals surface area contributed by atoms with E-state index in [1.165, 1.54) is 6.92 Å². The van der Waals surface area contributed by atoms with Crippen LogP contribution in [0.4, 0.5) is 0 Å². The van der Waals surface area contributed by atoms with Gasteiger partial charge < -0.3 is 26.8 Å². The Morgan fingerprint density at radius 1 is 0.509 bits per heavy atom. The lowest BCUT2D eigenvalue weighted by Gasteiger charge is -2.15. The van der Waals surface area contributed by atoms with Crippen LogP contribution in [0.25, 0.3) is 0 Å². The summed E-state index contributed by atoms with van der Waals surface area (Å²) in [5.74, 6) is -2.87. The maximum atomic E-state index is 12.1. The maximum absolute atomic E-state index is 12.1. The van der Waals surface area contributed by atoms with E-state index in [0.29, 0.717) is 112 Å². The highest BCUT2D eigenvalue weighted by Crippen LogP contribution is 2.08. The fourth-order valence-corrected chi connectivity index (χ4v) is 4.97. The minimum Gasteiger partial charge on any atom is -0.385 e. The molecule has 0 spiro atoms. The molecule has 18 nitrogen and oxygen atoms in total. The molecule has 0 aliphatic rings. The van der Waals surface area contributed by atoms with Crippen molar-refractivity contribution in [1.29, 1.82) is 0 Å². The standard InChI is InChI=1S/C35H65N7O11/c1-28(43)40(51)25-11-3-8-23-38-32(47)17-19-34(49)42(53)27-13-5-10-24-39-33(48)18-20-35(50)41(52)26-12-4-9-22-37-31(46)16-15-30(45)29(44)14-6-2-7-21-36/h29,44,51-53H,2-27,36H2,1H3,(H,37,46)(H,38,47)(H,39,48). The van der Waals surface area contributed by atoms with Crippen LogP contribution in [0.5, 0.6) is 0 Å². The number of ketones is 1. The van der Waals surface area contributed by atoms with Crippen molar-refractivity contribution in [3.8, 4) is 0 Å². The summed E-state index contributed by atoms with van der Waals surface area (Å²) in [6, 6.07) is 0. The third-order valence-corrected chi connectivity index (χ3v) is 8.33. The van der Waals surface area contributed by atoms with E-state index in [1.54, 1.807) is 0 Å². The third kappa shape index (κ3) is 28.5. The molecule has 306 valence electrons. The first-order valence-corrected chi connectivity index (χ1v) is 18.9. The summed E-state index contributed by atoms with van der Waals surface area (Å²) in [6.45, 7) is 3.35. The van der Waals surface area contributed by atoms with E-state index in [4.69, 9.17) is 5.73 Å². The van der Waals surface area contributed by atoms with Gasteiger partial charge in [0, 0.05) is 84.7 Å². The Hall–Kier alpha value is -3.71. The van der Waals surface area contributed by atoms with Gasteiger partial charge in [-0.2, -0.15) is 0 Å². The molecule has 0 heterocycles. The van der Waals surface area contributed by atoms with Crippen LogP contribution < -0.4 is 21.7 Å². The Morgan fingerprint density at radius 2 is 0.887 bits per heavy atom. The number of nitrogens with zero attached hydrogens (tertiary/aromatic N) is 3. The zero-order chi connectivity index (χ0) is 39.9. The molecule has 53 heavy (non-hydrogen) atoms. The molecule has 6 amide bonds. The number of rotatable bonds is 33. The monoisotopic (exact) mass is 759 g/mol. The van der Waals surface area contributed by atoms with E-state index in [1.807, 2.05) is 0 Å². The Bertz CT molecular complexity index is 1100. The van der Waals surface area contributed by atoms with Crippen molar-refractivity contribution < 1.29 is 54.3 Å². The van der Waals surface area contributed by atoms with Crippen molar-refractivity contribution in [3.05, 3.63) is 0 Å². The molecule has 0 saturated heterocycles. The molecule has 1 unspecified atom stereocenters. The molecule has 18 heteroatoms. The lowest BCUT2D eigenvalue weighted by Crippen LogP contribution is -2.31. The second-order valence-electron chi connectivity index (χ2n) is 13.0. The zero-order valence-electron chi connectivity index (χ0n) is 31.5. The van der Waals surface area contributed by atoms with Crippen LogP contribution in [0.15, 0.2) is 0 Å². The number of carbonyl (C=O) groups is 7.